The molecule has 0 spiro atoms. The van der Waals surface area contributed by atoms with E-state index in [1.165, 1.54) is 6.07 Å². The van der Waals surface area contributed by atoms with E-state index in [0.717, 1.165) is 0 Å². The molecule has 0 rings (SSSR count). The quantitative estimate of drug-likeness (QED) is 0.476. The lowest BCUT2D eigenvalue weighted by molar-refractivity contribution is 0.288. The summed E-state index contributed by atoms with van der Waals surface area (Å²) in [5, 5.41) is 7.49. The molecule has 0 N–H and O–H groups in total. The van der Waals surface area contributed by atoms with Crippen LogP contribution in [0, 0.1) is 17.8 Å². The number of halogens is 2. The Bertz CT molecular complexity index is 63.7. The predicted octanol–water partition coefficient (Wildman–Crippen LogP) is 1.33. The number of nitriles is 1. The molecule has 0 aliphatic rings. The van der Waals surface area contributed by atoms with Crippen LogP contribution >= 0.6 is 0 Å². The van der Waals surface area contributed by atoms with Crippen molar-refractivity contribution in [2.45, 2.75) is 6.42 Å². The molecule has 6 heavy (non-hydrogen) atoms. The SMILES string of the molecule is N#CC[C](F)F. The summed E-state index contributed by atoms with van der Waals surface area (Å²) in [4.78, 5) is 0. The number of hydrogen-bond donors (Lipinski definition) is 0. The summed E-state index contributed by atoms with van der Waals surface area (Å²) in [6.07, 6.45) is -2.56. The highest BCUT2D eigenvalue weighted by Gasteiger charge is 1.99. The van der Waals surface area contributed by atoms with E-state index in [1.54, 1.807) is 0 Å². The van der Waals surface area contributed by atoms with Crippen molar-refractivity contribution in [3.05, 3.63) is 6.43 Å². The lowest BCUT2D eigenvalue weighted by Gasteiger charge is -1.76. The van der Waals surface area contributed by atoms with Crippen molar-refractivity contribution < 1.29 is 8.78 Å². The van der Waals surface area contributed by atoms with Gasteiger partial charge in [-0.25, -0.2) is 0 Å². The summed E-state index contributed by atoms with van der Waals surface area (Å²) in [6, 6.07) is 1.28. The Labute approximate surface area is 34.2 Å². The van der Waals surface area contributed by atoms with Gasteiger partial charge in [-0.1, -0.05) is 0 Å². The normalized spacial score (nSPS) is 8.33. The van der Waals surface area contributed by atoms with Crippen LogP contribution in [-0.2, 0) is 0 Å². The van der Waals surface area contributed by atoms with E-state index in [1.807, 2.05) is 0 Å². The number of nitrogens with zero attached hydrogens (tertiary/aromatic N) is 1. The van der Waals surface area contributed by atoms with Gasteiger partial charge in [-0.2, -0.15) is 14.0 Å². The van der Waals surface area contributed by atoms with Crippen LogP contribution in [0.1, 0.15) is 6.42 Å². The van der Waals surface area contributed by atoms with Crippen LogP contribution < -0.4 is 0 Å². The Hall–Kier alpha value is -0.650. The standard InChI is InChI=1S/C3H2F2N/c4-3(5)1-2-6/h1H2. The first-order valence-corrected chi connectivity index (χ1v) is 1.31. The Morgan fingerprint density at radius 3 is 2.17 bits per heavy atom. The molecule has 0 saturated carbocycles. The van der Waals surface area contributed by atoms with Crippen LogP contribution in [0.5, 0.6) is 0 Å². The first kappa shape index (κ1) is 5.35. The van der Waals surface area contributed by atoms with E-state index in [0.29, 0.717) is 0 Å². The average molecular weight is 90.1 g/mol. The first-order chi connectivity index (χ1) is 2.77. The Balaban J connectivity index is 2.88. The maximum absolute atomic E-state index is 10.7. The molecule has 0 aromatic carbocycles. The van der Waals surface area contributed by atoms with Crippen LogP contribution in [0.2, 0.25) is 0 Å². The van der Waals surface area contributed by atoms with Gasteiger partial charge in [-0.05, 0) is 0 Å². The fourth-order valence-electron chi connectivity index (χ4n) is 0.0598. The van der Waals surface area contributed by atoms with Gasteiger partial charge in [0.2, 0.25) is 0 Å². The highest BCUT2D eigenvalue weighted by molar-refractivity contribution is 4.78. The van der Waals surface area contributed by atoms with Gasteiger partial charge in [0, 0.05) is 0 Å². The second-order valence-corrected chi connectivity index (χ2v) is 0.674. The zero-order valence-electron chi connectivity index (χ0n) is 2.91. The van der Waals surface area contributed by atoms with Crippen molar-refractivity contribution in [3.63, 3.8) is 0 Å². The minimum Gasteiger partial charge on any atom is -0.199 e. The third kappa shape index (κ3) is 3.35. The Morgan fingerprint density at radius 2 is 2.17 bits per heavy atom. The van der Waals surface area contributed by atoms with Crippen LogP contribution in [0.15, 0.2) is 0 Å². The van der Waals surface area contributed by atoms with Gasteiger partial charge in [-0.3, -0.25) is 0 Å². The monoisotopic (exact) mass is 90.0 g/mol. The largest absolute Gasteiger partial charge is 0.324 e. The number of rotatable bonds is 1. The van der Waals surface area contributed by atoms with E-state index in [2.05, 4.69) is 0 Å². The molecule has 33 valence electrons. The zero-order valence-corrected chi connectivity index (χ0v) is 2.91. The highest BCUT2D eigenvalue weighted by atomic mass is 19.3. The van der Waals surface area contributed by atoms with Crippen LogP contribution in [0.3, 0.4) is 0 Å². The van der Waals surface area contributed by atoms with Crippen molar-refractivity contribution in [2.75, 3.05) is 0 Å². The van der Waals surface area contributed by atoms with Gasteiger partial charge in [0.1, 0.15) is 6.42 Å². The summed E-state index contributed by atoms with van der Waals surface area (Å²) >= 11 is 0. The minimum atomic E-state index is -1.82. The highest BCUT2D eigenvalue weighted by Crippen LogP contribution is 2.05. The molecule has 0 fully saturated rings. The van der Waals surface area contributed by atoms with Gasteiger partial charge in [0.05, 0.1) is 6.07 Å². The van der Waals surface area contributed by atoms with E-state index in [4.69, 9.17) is 5.26 Å². The van der Waals surface area contributed by atoms with E-state index < -0.39 is 12.8 Å². The van der Waals surface area contributed by atoms with Crippen molar-refractivity contribution in [1.29, 1.82) is 5.26 Å². The van der Waals surface area contributed by atoms with Gasteiger partial charge < -0.3 is 0 Å². The lowest BCUT2D eigenvalue weighted by Crippen LogP contribution is -1.70. The first-order valence-electron chi connectivity index (χ1n) is 1.31. The molecule has 0 aromatic heterocycles. The van der Waals surface area contributed by atoms with Crippen molar-refractivity contribution >= 4 is 0 Å². The summed E-state index contributed by atoms with van der Waals surface area (Å²) < 4.78 is 21.5. The van der Waals surface area contributed by atoms with Crippen LogP contribution in [0.4, 0.5) is 8.78 Å². The van der Waals surface area contributed by atoms with E-state index >= 15 is 0 Å². The second kappa shape index (κ2) is 2.58. The molecule has 0 amide bonds. The molecule has 0 heterocycles. The molecule has 0 aliphatic heterocycles. The van der Waals surface area contributed by atoms with Crippen molar-refractivity contribution in [2.24, 2.45) is 0 Å². The second-order valence-electron chi connectivity index (χ2n) is 0.674. The summed E-state index contributed by atoms with van der Waals surface area (Å²) in [7, 11) is 0. The molecular formula is C3H2F2N. The topological polar surface area (TPSA) is 23.8 Å². The molecule has 0 aromatic rings. The van der Waals surface area contributed by atoms with Gasteiger partial charge in [0.25, 0.3) is 0 Å². The number of hydrogen-bond acceptors (Lipinski definition) is 1. The fraction of sp³-hybridized carbons (Fsp3) is 0.333. The summed E-state index contributed by atoms with van der Waals surface area (Å²) in [6.45, 7) is 0. The van der Waals surface area contributed by atoms with Crippen molar-refractivity contribution in [3.8, 4) is 6.07 Å². The molecule has 3 heteroatoms. The molecule has 0 atom stereocenters. The third-order valence-corrected chi connectivity index (χ3v) is 0.213. The summed E-state index contributed by atoms with van der Waals surface area (Å²) in [5.74, 6) is 0. The minimum absolute atomic E-state index is 0.736. The van der Waals surface area contributed by atoms with E-state index in [-0.39, 0.29) is 0 Å². The van der Waals surface area contributed by atoms with Gasteiger partial charge in [-0.15, -0.1) is 0 Å². The van der Waals surface area contributed by atoms with Crippen molar-refractivity contribution in [1.82, 2.24) is 0 Å². The molecule has 0 saturated heterocycles. The Morgan fingerprint density at radius 1 is 1.67 bits per heavy atom. The third-order valence-electron chi connectivity index (χ3n) is 0.213. The smallest absolute Gasteiger partial charge is 0.199 e. The summed E-state index contributed by atoms with van der Waals surface area (Å²) in [5.41, 5.74) is 0. The Kier molecular flexibility index (Phi) is 2.30. The molecule has 0 bridgehead atoms. The van der Waals surface area contributed by atoms with Gasteiger partial charge in [0.15, 0.2) is 0 Å². The lowest BCUT2D eigenvalue weighted by atomic mass is 10.5. The molecule has 1 nitrogen and oxygen atoms in total. The molecular weight excluding hydrogens is 88.0 g/mol. The average Bonchev–Trinajstić information content (AvgIpc) is 1.35. The molecule has 0 aliphatic carbocycles. The maximum Gasteiger partial charge on any atom is 0.324 e. The fourth-order valence-corrected chi connectivity index (χ4v) is 0.0598. The molecule has 0 unspecified atom stereocenters. The predicted molar refractivity (Wildman–Crippen MR) is 15.7 cm³/mol. The zero-order chi connectivity index (χ0) is 4.99. The van der Waals surface area contributed by atoms with Crippen LogP contribution in [0.25, 0.3) is 0 Å². The van der Waals surface area contributed by atoms with Gasteiger partial charge >= 0.3 is 6.43 Å². The van der Waals surface area contributed by atoms with Crippen LogP contribution in [-0.4, -0.2) is 0 Å². The van der Waals surface area contributed by atoms with E-state index in [9.17, 15) is 8.78 Å². The molecule has 1 radical (unpaired) electrons. The maximum atomic E-state index is 10.7.